The van der Waals surface area contributed by atoms with Gasteiger partial charge in [0.05, 0.1) is 17.5 Å². The van der Waals surface area contributed by atoms with Crippen molar-refractivity contribution in [3.05, 3.63) is 29.0 Å². The lowest BCUT2D eigenvalue weighted by Crippen LogP contribution is -2.70. The van der Waals surface area contributed by atoms with Crippen LogP contribution in [0.1, 0.15) is 12.8 Å². The fourth-order valence-corrected chi connectivity index (χ4v) is 2.90. The highest BCUT2D eigenvalue weighted by Gasteiger charge is 2.34. The minimum Gasteiger partial charge on any atom is -0.354 e. The van der Waals surface area contributed by atoms with E-state index in [2.05, 4.69) is 16.4 Å². The fourth-order valence-electron chi connectivity index (χ4n) is 2.79. The first-order valence-electron chi connectivity index (χ1n) is 8.22. The molecule has 25 heavy (non-hydrogen) atoms. The number of carbonyl (C=O) groups excluding carboxylic acids is 2. The Morgan fingerprint density at radius 2 is 2.16 bits per heavy atom. The lowest BCUT2D eigenvalue weighted by Gasteiger charge is -2.34. The average molecular weight is 373 g/mol. The van der Waals surface area contributed by atoms with Crippen LogP contribution in [0.2, 0.25) is 5.02 Å². The van der Waals surface area contributed by atoms with Crippen LogP contribution in [-0.2, 0) is 4.79 Å². The summed E-state index contributed by atoms with van der Waals surface area (Å²) in [5, 5.41) is 5.45. The summed E-state index contributed by atoms with van der Waals surface area (Å²) in [4.78, 5) is 26.2. The Bertz CT molecular complexity index is 631. The van der Waals surface area contributed by atoms with Gasteiger partial charge in [-0.15, -0.1) is 0 Å². The minimum atomic E-state index is -0.598. The van der Waals surface area contributed by atoms with Crippen LogP contribution in [0.15, 0.2) is 18.2 Å². The van der Waals surface area contributed by atoms with Gasteiger partial charge in [0.2, 0.25) is 5.91 Å². The minimum absolute atomic E-state index is 0.00573. The van der Waals surface area contributed by atoms with E-state index in [9.17, 15) is 14.0 Å². The number of piperidine rings is 1. The van der Waals surface area contributed by atoms with Crippen molar-refractivity contribution in [2.45, 2.75) is 18.9 Å². The molecule has 0 radical (unpaired) electrons. The van der Waals surface area contributed by atoms with E-state index in [1.165, 1.54) is 18.2 Å². The highest BCUT2D eigenvalue weighted by molar-refractivity contribution is 6.30. The monoisotopic (exact) mass is 372 g/mol. The van der Waals surface area contributed by atoms with Crippen LogP contribution in [0, 0.1) is 11.7 Å². The van der Waals surface area contributed by atoms with Crippen LogP contribution in [-0.4, -0.2) is 49.1 Å². The summed E-state index contributed by atoms with van der Waals surface area (Å²) < 4.78 is 13.5. The molecule has 2 unspecified atom stereocenters. The molecule has 1 saturated heterocycles. The molecule has 7 nitrogen and oxygen atoms in total. The highest BCUT2D eigenvalue weighted by Crippen LogP contribution is 2.21. The molecule has 1 aliphatic heterocycles. The van der Waals surface area contributed by atoms with Crippen LogP contribution < -0.4 is 22.1 Å². The van der Waals surface area contributed by atoms with Gasteiger partial charge in [-0.25, -0.2) is 9.18 Å². The molecule has 3 amide bonds. The quantitative estimate of drug-likeness (QED) is 0.561. The summed E-state index contributed by atoms with van der Waals surface area (Å²) in [6.07, 6.45) is 1.26. The van der Waals surface area contributed by atoms with Crippen molar-refractivity contribution in [1.29, 1.82) is 0 Å². The van der Waals surface area contributed by atoms with E-state index < -0.39 is 11.7 Å². The number of nitrogens with one attached hydrogen (secondary N) is 2. The molecule has 9 heteroatoms. The van der Waals surface area contributed by atoms with Crippen LogP contribution >= 0.6 is 11.6 Å². The van der Waals surface area contributed by atoms with Gasteiger partial charge in [0.1, 0.15) is 11.9 Å². The lowest BCUT2D eigenvalue weighted by molar-refractivity contribution is -0.427. The number of halogens is 2. The molecular weight excluding hydrogens is 349 g/mol. The highest BCUT2D eigenvalue weighted by atomic mass is 35.5. The Hall–Kier alpha value is -1.90. The van der Waals surface area contributed by atoms with E-state index >= 15 is 0 Å². The number of quaternary nitrogens is 1. The largest absolute Gasteiger partial charge is 0.354 e. The number of carbonyl (C=O) groups is 2. The van der Waals surface area contributed by atoms with Gasteiger partial charge >= 0.3 is 6.03 Å². The summed E-state index contributed by atoms with van der Waals surface area (Å²) in [7, 11) is 0. The summed E-state index contributed by atoms with van der Waals surface area (Å²) in [6, 6.07) is 3.81. The number of nitrogens with two attached hydrogens (primary N) is 1. The number of urea groups is 1. The molecule has 0 saturated carbocycles. The van der Waals surface area contributed by atoms with E-state index in [1.54, 1.807) is 4.90 Å². The number of anilines is 1. The van der Waals surface area contributed by atoms with Gasteiger partial charge in [-0.3, -0.25) is 4.79 Å². The van der Waals surface area contributed by atoms with Crippen molar-refractivity contribution in [3.63, 3.8) is 0 Å². The van der Waals surface area contributed by atoms with Crippen LogP contribution in [0.25, 0.3) is 0 Å². The number of nitrogens with zero attached hydrogens (tertiary/aromatic N) is 1. The summed E-state index contributed by atoms with van der Waals surface area (Å²) in [6.45, 7) is 1.78. The molecule has 1 heterocycles. The molecule has 0 aromatic heterocycles. The van der Waals surface area contributed by atoms with E-state index in [0.717, 1.165) is 0 Å². The topological polar surface area (TPSA) is 115 Å². The zero-order chi connectivity index (χ0) is 18.4. The first kappa shape index (κ1) is 19.4. The summed E-state index contributed by atoms with van der Waals surface area (Å²) in [5.74, 6) is -1.27. The Kier molecular flexibility index (Phi) is 6.98. The smallest absolute Gasteiger partial charge is 0.317 e. The normalized spacial score (nSPS) is 20.2. The van der Waals surface area contributed by atoms with E-state index in [0.29, 0.717) is 44.7 Å². The van der Waals surface area contributed by atoms with Crippen molar-refractivity contribution < 1.29 is 19.7 Å². The second-order valence-electron chi connectivity index (χ2n) is 6.20. The Morgan fingerprint density at radius 1 is 1.40 bits per heavy atom. The second-order valence-corrected chi connectivity index (χ2v) is 6.60. The lowest BCUT2D eigenvalue weighted by atomic mass is 9.94. The van der Waals surface area contributed by atoms with Crippen molar-refractivity contribution in [2.75, 3.05) is 31.5 Å². The Labute approximate surface area is 150 Å². The number of hydrogen-bond acceptors (Lipinski definition) is 3. The van der Waals surface area contributed by atoms with Gasteiger partial charge in [0.25, 0.3) is 0 Å². The van der Waals surface area contributed by atoms with Gasteiger partial charge in [0, 0.05) is 25.2 Å². The van der Waals surface area contributed by atoms with Crippen molar-refractivity contribution in [1.82, 2.24) is 10.2 Å². The zero-order valence-corrected chi connectivity index (χ0v) is 14.7. The molecule has 1 aromatic rings. The third-order valence-electron chi connectivity index (χ3n) is 4.04. The van der Waals surface area contributed by atoms with Crippen LogP contribution in [0.5, 0.6) is 0 Å². The molecule has 2 atom stereocenters. The molecule has 7 N–H and O–H groups in total. The van der Waals surface area contributed by atoms with Crippen molar-refractivity contribution >= 4 is 29.2 Å². The predicted molar refractivity (Wildman–Crippen MR) is 93.5 cm³/mol. The molecule has 1 aliphatic rings. The maximum Gasteiger partial charge on any atom is 0.317 e. The molecule has 0 aliphatic carbocycles. The number of rotatable bonds is 5. The maximum absolute atomic E-state index is 13.5. The third kappa shape index (κ3) is 5.55. The first-order valence-corrected chi connectivity index (χ1v) is 8.60. The molecule has 0 spiro atoms. The zero-order valence-electron chi connectivity index (χ0n) is 13.9. The number of amides is 3. The van der Waals surface area contributed by atoms with Crippen LogP contribution in [0.3, 0.4) is 0 Å². The molecule has 1 aromatic carbocycles. The summed E-state index contributed by atoms with van der Waals surface area (Å²) in [5.41, 5.74) is 9.73. The SMILES string of the molecule is NCCCNC(=O)N1CC([NH3+])CC(C(=O)Nc2ccc(Cl)c(F)c2)C1. The molecule has 2 rings (SSSR count). The first-order chi connectivity index (χ1) is 11.9. The fraction of sp³-hybridized carbons (Fsp3) is 0.500. The van der Waals surface area contributed by atoms with Gasteiger partial charge in [-0.2, -0.15) is 0 Å². The van der Waals surface area contributed by atoms with Gasteiger partial charge in [-0.1, -0.05) is 11.6 Å². The third-order valence-corrected chi connectivity index (χ3v) is 4.35. The molecule has 138 valence electrons. The molecular formula is C16H24ClFN5O2+. The number of likely N-dealkylation sites (tertiary alicyclic amines) is 1. The number of benzene rings is 1. The molecule has 1 fully saturated rings. The van der Waals surface area contributed by atoms with E-state index in [-0.39, 0.29) is 23.0 Å². The average Bonchev–Trinajstić information content (AvgIpc) is 2.57. The Balaban J connectivity index is 1.96. The van der Waals surface area contributed by atoms with Crippen molar-refractivity contribution in [2.24, 2.45) is 11.7 Å². The van der Waals surface area contributed by atoms with E-state index in [4.69, 9.17) is 17.3 Å². The van der Waals surface area contributed by atoms with Crippen molar-refractivity contribution in [3.8, 4) is 0 Å². The Morgan fingerprint density at radius 3 is 2.84 bits per heavy atom. The molecule has 0 bridgehead atoms. The van der Waals surface area contributed by atoms with Gasteiger partial charge in [-0.05, 0) is 31.2 Å². The maximum atomic E-state index is 13.5. The predicted octanol–water partition coefficient (Wildman–Crippen LogP) is 0.408. The van der Waals surface area contributed by atoms with E-state index in [1.807, 2.05) is 0 Å². The second kappa shape index (κ2) is 8.98. The standard InChI is InChI=1S/C16H23ClFN5O2/c17-13-3-2-12(7-14(13)18)22-15(24)10-6-11(20)9-23(8-10)16(25)21-5-1-4-19/h2-3,7,10-11H,1,4-6,8-9,19-20H2,(H,21,25)(H,22,24)/p+1. The van der Waals surface area contributed by atoms with Gasteiger partial charge < -0.3 is 27.0 Å². The number of hydrogen-bond donors (Lipinski definition) is 4. The van der Waals surface area contributed by atoms with Crippen LogP contribution in [0.4, 0.5) is 14.9 Å². The summed E-state index contributed by atoms with van der Waals surface area (Å²) >= 11 is 5.64. The van der Waals surface area contributed by atoms with Gasteiger partial charge in [0.15, 0.2) is 0 Å².